The van der Waals surface area contributed by atoms with Gasteiger partial charge in [-0.3, -0.25) is 0 Å². The second kappa shape index (κ2) is 8.91. The normalized spacial score (nSPS) is 12.4. The number of hydrogen-bond donors (Lipinski definition) is 2. The molecule has 0 fully saturated rings. The Bertz CT molecular complexity index is 348. The summed E-state index contributed by atoms with van der Waals surface area (Å²) in [5, 5.41) is 12.0. The van der Waals surface area contributed by atoms with E-state index in [2.05, 4.69) is 5.32 Å². The smallest absolute Gasteiger partial charge is 0.125 e. The van der Waals surface area contributed by atoms with Gasteiger partial charge in [-0.25, -0.2) is 0 Å². The molecule has 0 aliphatic carbocycles. The summed E-state index contributed by atoms with van der Waals surface area (Å²) >= 11 is 0. The molecule has 1 aromatic rings. The van der Waals surface area contributed by atoms with E-state index in [0.29, 0.717) is 19.8 Å². The minimum absolute atomic E-state index is 0.120. The first-order valence-corrected chi connectivity index (χ1v) is 6.76. The Kier molecular flexibility index (Phi) is 7.48. The van der Waals surface area contributed by atoms with Gasteiger partial charge in [0.25, 0.3) is 0 Å². The van der Waals surface area contributed by atoms with Crippen LogP contribution in [0.15, 0.2) is 18.2 Å². The zero-order chi connectivity index (χ0) is 14.1. The summed E-state index contributed by atoms with van der Waals surface area (Å²) in [6.07, 6.45) is 0. The second-order valence-corrected chi connectivity index (χ2v) is 4.72. The maximum atomic E-state index is 8.83. The quantitative estimate of drug-likeness (QED) is 0.668. The van der Waals surface area contributed by atoms with Gasteiger partial charge in [-0.05, 0) is 31.9 Å². The van der Waals surface area contributed by atoms with Gasteiger partial charge in [0, 0.05) is 12.6 Å². The summed E-state index contributed by atoms with van der Waals surface area (Å²) in [6, 6.07) is 6.24. The maximum absolute atomic E-state index is 8.83. The van der Waals surface area contributed by atoms with Crippen LogP contribution in [0, 0.1) is 13.8 Å². The molecule has 0 amide bonds. The molecule has 0 aromatic heterocycles. The number of para-hydroxylation sites is 1. The standard InChI is InChI=1S/C15H25NO3/c1-12-5-4-6-13(2)15(12)19-10-9-18-8-7-16-14(3)11-17/h4-6,14,16-17H,7-11H2,1-3H3/t14-/m0/s1. The van der Waals surface area contributed by atoms with E-state index in [0.717, 1.165) is 23.4 Å². The van der Waals surface area contributed by atoms with Crippen molar-refractivity contribution in [2.24, 2.45) is 0 Å². The van der Waals surface area contributed by atoms with Crippen molar-refractivity contribution in [1.29, 1.82) is 0 Å². The fourth-order valence-corrected chi connectivity index (χ4v) is 1.77. The Hall–Kier alpha value is -1.10. The molecular formula is C15H25NO3. The van der Waals surface area contributed by atoms with Gasteiger partial charge in [0.15, 0.2) is 0 Å². The molecule has 0 radical (unpaired) electrons. The predicted molar refractivity (Wildman–Crippen MR) is 76.8 cm³/mol. The second-order valence-electron chi connectivity index (χ2n) is 4.72. The van der Waals surface area contributed by atoms with E-state index in [1.807, 2.05) is 39.0 Å². The predicted octanol–water partition coefficient (Wildman–Crippen LogP) is 1.67. The molecule has 0 saturated carbocycles. The molecule has 0 aliphatic heterocycles. The van der Waals surface area contributed by atoms with Gasteiger partial charge in [-0.1, -0.05) is 18.2 Å². The van der Waals surface area contributed by atoms with E-state index in [1.165, 1.54) is 0 Å². The zero-order valence-electron chi connectivity index (χ0n) is 12.1. The molecule has 4 nitrogen and oxygen atoms in total. The highest BCUT2D eigenvalue weighted by atomic mass is 16.5. The van der Waals surface area contributed by atoms with Crippen molar-refractivity contribution in [1.82, 2.24) is 5.32 Å². The summed E-state index contributed by atoms with van der Waals surface area (Å²) in [5.41, 5.74) is 2.30. The molecule has 0 saturated heterocycles. The fourth-order valence-electron chi connectivity index (χ4n) is 1.77. The Balaban J connectivity index is 2.11. The highest BCUT2D eigenvalue weighted by molar-refractivity contribution is 5.39. The third kappa shape index (κ3) is 6.05. The van der Waals surface area contributed by atoms with Gasteiger partial charge < -0.3 is 19.9 Å². The van der Waals surface area contributed by atoms with Crippen molar-refractivity contribution in [3.05, 3.63) is 29.3 Å². The molecule has 4 heteroatoms. The average molecular weight is 267 g/mol. The van der Waals surface area contributed by atoms with E-state index < -0.39 is 0 Å². The van der Waals surface area contributed by atoms with Gasteiger partial charge in [0.2, 0.25) is 0 Å². The van der Waals surface area contributed by atoms with Crippen LogP contribution in [0.4, 0.5) is 0 Å². The number of rotatable bonds is 9. The molecule has 1 aromatic carbocycles. The summed E-state index contributed by atoms with van der Waals surface area (Å²) < 4.78 is 11.2. The molecule has 2 N–H and O–H groups in total. The minimum Gasteiger partial charge on any atom is -0.491 e. The van der Waals surface area contributed by atoms with Crippen LogP contribution in [0.5, 0.6) is 5.75 Å². The van der Waals surface area contributed by atoms with Crippen molar-refractivity contribution >= 4 is 0 Å². The van der Waals surface area contributed by atoms with Crippen molar-refractivity contribution in [2.75, 3.05) is 33.0 Å². The molecule has 19 heavy (non-hydrogen) atoms. The molecule has 0 heterocycles. The highest BCUT2D eigenvalue weighted by Gasteiger charge is 2.02. The van der Waals surface area contributed by atoms with Crippen molar-refractivity contribution in [3.63, 3.8) is 0 Å². The highest BCUT2D eigenvalue weighted by Crippen LogP contribution is 2.21. The number of nitrogens with one attached hydrogen (secondary N) is 1. The fraction of sp³-hybridized carbons (Fsp3) is 0.600. The topological polar surface area (TPSA) is 50.7 Å². The largest absolute Gasteiger partial charge is 0.491 e. The SMILES string of the molecule is Cc1cccc(C)c1OCCOCCN[C@@H](C)CO. The van der Waals surface area contributed by atoms with Gasteiger partial charge in [0.05, 0.1) is 19.8 Å². The first kappa shape index (κ1) is 16.0. The van der Waals surface area contributed by atoms with Crippen molar-refractivity contribution < 1.29 is 14.6 Å². The van der Waals surface area contributed by atoms with Crippen LogP contribution < -0.4 is 10.1 Å². The van der Waals surface area contributed by atoms with Crippen LogP contribution in [0.25, 0.3) is 0 Å². The molecular weight excluding hydrogens is 242 g/mol. The number of ether oxygens (including phenoxy) is 2. The number of aliphatic hydroxyl groups is 1. The first-order chi connectivity index (χ1) is 9.15. The molecule has 108 valence electrons. The van der Waals surface area contributed by atoms with Gasteiger partial charge in [-0.2, -0.15) is 0 Å². The van der Waals surface area contributed by atoms with Crippen molar-refractivity contribution in [3.8, 4) is 5.75 Å². The summed E-state index contributed by atoms with van der Waals surface area (Å²) in [4.78, 5) is 0. The lowest BCUT2D eigenvalue weighted by Gasteiger charge is -2.13. The Labute approximate surface area is 115 Å². The van der Waals surface area contributed by atoms with Gasteiger partial charge in [0.1, 0.15) is 12.4 Å². The third-order valence-corrected chi connectivity index (χ3v) is 2.90. The number of aryl methyl sites for hydroxylation is 2. The van der Waals surface area contributed by atoms with Crippen LogP contribution >= 0.6 is 0 Å². The third-order valence-electron chi connectivity index (χ3n) is 2.90. The van der Waals surface area contributed by atoms with E-state index in [9.17, 15) is 0 Å². The Morgan fingerprint density at radius 3 is 2.47 bits per heavy atom. The van der Waals surface area contributed by atoms with Crippen LogP contribution in [0.1, 0.15) is 18.1 Å². The zero-order valence-corrected chi connectivity index (χ0v) is 12.1. The Morgan fingerprint density at radius 2 is 1.84 bits per heavy atom. The van der Waals surface area contributed by atoms with Crippen LogP contribution in [-0.2, 0) is 4.74 Å². The van der Waals surface area contributed by atoms with Gasteiger partial charge >= 0.3 is 0 Å². The van der Waals surface area contributed by atoms with Crippen molar-refractivity contribution in [2.45, 2.75) is 26.8 Å². The monoisotopic (exact) mass is 267 g/mol. The molecule has 1 atom stereocenters. The lowest BCUT2D eigenvalue weighted by molar-refractivity contribution is 0.0984. The van der Waals surface area contributed by atoms with E-state index in [4.69, 9.17) is 14.6 Å². The van der Waals surface area contributed by atoms with Gasteiger partial charge in [-0.15, -0.1) is 0 Å². The van der Waals surface area contributed by atoms with E-state index >= 15 is 0 Å². The average Bonchev–Trinajstić information content (AvgIpc) is 2.40. The van der Waals surface area contributed by atoms with Crippen LogP contribution in [0.3, 0.4) is 0 Å². The summed E-state index contributed by atoms with van der Waals surface area (Å²) in [7, 11) is 0. The lowest BCUT2D eigenvalue weighted by Crippen LogP contribution is -2.32. The first-order valence-electron chi connectivity index (χ1n) is 6.76. The number of benzene rings is 1. The molecule has 0 unspecified atom stereocenters. The Morgan fingerprint density at radius 1 is 1.16 bits per heavy atom. The molecule has 1 rings (SSSR count). The van der Waals surface area contributed by atoms with E-state index in [-0.39, 0.29) is 12.6 Å². The minimum atomic E-state index is 0.120. The summed E-state index contributed by atoms with van der Waals surface area (Å²) in [5.74, 6) is 0.957. The van der Waals surface area contributed by atoms with Crippen LogP contribution in [-0.4, -0.2) is 44.1 Å². The number of aliphatic hydroxyl groups excluding tert-OH is 1. The summed E-state index contributed by atoms with van der Waals surface area (Å²) in [6.45, 7) is 8.67. The lowest BCUT2D eigenvalue weighted by atomic mass is 10.1. The van der Waals surface area contributed by atoms with Crippen LogP contribution in [0.2, 0.25) is 0 Å². The van der Waals surface area contributed by atoms with E-state index in [1.54, 1.807) is 0 Å². The molecule has 0 bridgehead atoms. The number of hydrogen-bond acceptors (Lipinski definition) is 4. The maximum Gasteiger partial charge on any atom is 0.125 e. The molecule has 0 aliphatic rings. The molecule has 0 spiro atoms.